The molecule has 7 N–H and O–H groups in total. The van der Waals surface area contributed by atoms with Crippen LogP contribution in [0.1, 0.15) is 20.3 Å². The molecule has 1 rings (SSSR count). The summed E-state index contributed by atoms with van der Waals surface area (Å²) in [6.07, 6.45) is -2.56. The summed E-state index contributed by atoms with van der Waals surface area (Å²) in [7, 11) is 0. The third-order valence-electron chi connectivity index (χ3n) is 4.28. The Morgan fingerprint density at radius 1 is 1.27 bits per heavy atom. The number of aliphatic hydroxyl groups is 5. The molecule has 0 spiro atoms. The second-order valence-electron chi connectivity index (χ2n) is 6.40. The molecule has 0 bridgehead atoms. The van der Waals surface area contributed by atoms with E-state index >= 15 is 0 Å². The molecular formula is C17H29NO8. The maximum atomic E-state index is 12.0. The van der Waals surface area contributed by atoms with Crippen molar-refractivity contribution in [2.45, 2.75) is 57.1 Å². The van der Waals surface area contributed by atoms with Crippen LogP contribution in [0.15, 0.2) is 23.8 Å². The van der Waals surface area contributed by atoms with Crippen molar-refractivity contribution < 1.29 is 39.8 Å². The van der Waals surface area contributed by atoms with Gasteiger partial charge in [-0.2, -0.15) is 0 Å². The van der Waals surface area contributed by atoms with Gasteiger partial charge in [0.05, 0.1) is 12.7 Å². The normalized spacial score (nSPS) is 32.5. The summed E-state index contributed by atoms with van der Waals surface area (Å²) >= 11 is 0. The summed E-state index contributed by atoms with van der Waals surface area (Å²) in [5.41, 5.74) is 5.59. The SMILES string of the molecule is C/C(=C\C=C\CC(C)C(O)CN)C(=O)OC1O[C@H](CO)[C@@H](O)[C@H](O)[C@H]1O. The average molecular weight is 375 g/mol. The average Bonchev–Trinajstić information content (AvgIpc) is 2.64. The first-order chi connectivity index (χ1) is 12.2. The van der Waals surface area contributed by atoms with Gasteiger partial charge < -0.3 is 40.7 Å². The summed E-state index contributed by atoms with van der Waals surface area (Å²) in [5, 5.41) is 47.9. The monoisotopic (exact) mass is 375 g/mol. The zero-order chi connectivity index (χ0) is 19.9. The zero-order valence-electron chi connectivity index (χ0n) is 14.9. The van der Waals surface area contributed by atoms with E-state index in [1.807, 2.05) is 6.92 Å². The fourth-order valence-corrected chi connectivity index (χ4v) is 2.33. The van der Waals surface area contributed by atoms with Gasteiger partial charge >= 0.3 is 5.97 Å². The first-order valence-electron chi connectivity index (χ1n) is 8.45. The van der Waals surface area contributed by atoms with Crippen molar-refractivity contribution in [3.8, 4) is 0 Å². The van der Waals surface area contributed by atoms with Crippen molar-refractivity contribution in [2.24, 2.45) is 11.7 Å². The van der Waals surface area contributed by atoms with Crippen molar-refractivity contribution in [3.05, 3.63) is 23.8 Å². The number of hydrogen-bond acceptors (Lipinski definition) is 9. The van der Waals surface area contributed by atoms with E-state index in [1.165, 1.54) is 13.0 Å². The van der Waals surface area contributed by atoms with E-state index in [4.69, 9.17) is 20.3 Å². The molecule has 9 heteroatoms. The molecule has 1 saturated heterocycles. The molecule has 0 aromatic carbocycles. The van der Waals surface area contributed by atoms with E-state index in [9.17, 15) is 25.2 Å². The standard InChI is InChI=1S/C17H29NO8/c1-9(11(20)7-18)5-3-4-6-10(2)16(24)26-17-15(23)14(22)13(21)12(8-19)25-17/h3-4,6,9,11-15,17,19-23H,5,7-8,18H2,1-2H3/b4-3+,10-6+/t9?,11?,12-,13-,14+,15-,17?/m1/s1. The lowest BCUT2D eigenvalue weighted by molar-refractivity contribution is -0.291. The molecule has 1 fully saturated rings. The van der Waals surface area contributed by atoms with Crippen LogP contribution in [0.3, 0.4) is 0 Å². The van der Waals surface area contributed by atoms with Gasteiger partial charge in [-0.15, -0.1) is 0 Å². The highest BCUT2D eigenvalue weighted by Crippen LogP contribution is 2.22. The Morgan fingerprint density at radius 3 is 2.50 bits per heavy atom. The van der Waals surface area contributed by atoms with Crippen molar-refractivity contribution in [3.63, 3.8) is 0 Å². The lowest BCUT2D eigenvalue weighted by Crippen LogP contribution is -2.59. The minimum atomic E-state index is -1.64. The Bertz CT molecular complexity index is 507. The quantitative estimate of drug-likeness (QED) is 0.163. The molecule has 26 heavy (non-hydrogen) atoms. The predicted molar refractivity (Wildman–Crippen MR) is 91.6 cm³/mol. The van der Waals surface area contributed by atoms with E-state index in [2.05, 4.69) is 0 Å². The number of allylic oxidation sites excluding steroid dienone is 3. The van der Waals surface area contributed by atoms with E-state index in [-0.39, 0.29) is 18.0 Å². The minimum absolute atomic E-state index is 0.0222. The maximum Gasteiger partial charge on any atom is 0.336 e. The fourth-order valence-electron chi connectivity index (χ4n) is 2.33. The van der Waals surface area contributed by atoms with E-state index in [0.29, 0.717) is 6.42 Å². The molecule has 0 amide bonds. The van der Waals surface area contributed by atoms with Crippen LogP contribution >= 0.6 is 0 Å². The second kappa shape index (κ2) is 10.7. The van der Waals surface area contributed by atoms with Gasteiger partial charge in [0.2, 0.25) is 6.29 Å². The molecular weight excluding hydrogens is 346 g/mol. The molecule has 150 valence electrons. The zero-order valence-corrected chi connectivity index (χ0v) is 14.9. The minimum Gasteiger partial charge on any atom is -0.429 e. The molecule has 0 aliphatic carbocycles. The van der Waals surface area contributed by atoms with Crippen LogP contribution in [0.25, 0.3) is 0 Å². The lowest BCUT2D eigenvalue weighted by Gasteiger charge is -2.39. The first kappa shape index (κ1) is 22.7. The number of carbonyl (C=O) groups excluding carboxylic acids is 1. The van der Waals surface area contributed by atoms with Gasteiger partial charge in [-0.1, -0.05) is 25.2 Å². The maximum absolute atomic E-state index is 12.0. The predicted octanol–water partition coefficient (Wildman–Crippen LogP) is -1.82. The third kappa shape index (κ3) is 6.13. The highest BCUT2D eigenvalue weighted by atomic mass is 16.7. The van der Waals surface area contributed by atoms with Gasteiger partial charge in [0.15, 0.2) is 0 Å². The second-order valence-corrected chi connectivity index (χ2v) is 6.40. The number of nitrogens with two attached hydrogens (primary N) is 1. The van der Waals surface area contributed by atoms with Gasteiger partial charge in [0.1, 0.15) is 24.4 Å². The van der Waals surface area contributed by atoms with Gasteiger partial charge in [0, 0.05) is 12.1 Å². The highest BCUT2D eigenvalue weighted by molar-refractivity contribution is 5.88. The van der Waals surface area contributed by atoms with E-state index in [1.54, 1.807) is 12.2 Å². The van der Waals surface area contributed by atoms with Crippen LogP contribution in [-0.2, 0) is 14.3 Å². The molecule has 0 aromatic rings. The fraction of sp³-hybridized carbons (Fsp3) is 0.706. The molecule has 1 aliphatic heterocycles. The first-order valence-corrected chi connectivity index (χ1v) is 8.45. The Hall–Kier alpha value is -1.33. The number of ether oxygens (including phenoxy) is 2. The molecule has 1 aliphatic rings. The smallest absolute Gasteiger partial charge is 0.336 e. The summed E-state index contributed by atoms with van der Waals surface area (Å²) in [6, 6.07) is 0. The molecule has 0 radical (unpaired) electrons. The van der Waals surface area contributed by atoms with Crippen LogP contribution in [0, 0.1) is 5.92 Å². The van der Waals surface area contributed by atoms with Crippen LogP contribution in [0.5, 0.6) is 0 Å². The van der Waals surface area contributed by atoms with Crippen LogP contribution in [0.4, 0.5) is 0 Å². The van der Waals surface area contributed by atoms with Crippen LogP contribution in [0.2, 0.25) is 0 Å². The summed E-state index contributed by atoms with van der Waals surface area (Å²) < 4.78 is 10.1. The topological polar surface area (TPSA) is 163 Å². The summed E-state index contributed by atoms with van der Waals surface area (Å²) in [5.74, 6) is -0.806. The lowest BCUT2D eigenvalue weighted by atomic mass is 9.99. The molecule has 9 nitrogen and oxygen atoms in total. The third-order valence-corrected chi connectivity index (χ3v) is 4.28. The summed E-state index contributed by atoms with van der Waals surface area (Å²) in [6.45, 7) is 2.92. The number of aliphatic hydroxyl groups excluding tert-OH is 5. The Balaban J connectivity index is 2.60. The van der Waals surface area contributed by atoms with Crippen LogP contribution in [-0.4, -0.2) is 81.5 Å². The Kier molecular flexibility index (Phi) is 9.37. The number of esters is 1. The van der Waals surface area contributed by atoms with Crippen LogP contribution < -0.4 is 5.73 Å². The largest absolute Gasteiger partial charge is 0.429 e. The summed E-state index contributed by atoms with van der Waals surface area (Å²) in [4.78, 5) is 12.0. The van der Waals surface area contributed by atoms with Crippen molar-refractivity contribution in [2.75, 3.05) is 13.2 Å². The molecule has 3 unspecified atom stereocenters. The van der Waals surface area contributed by atoms with E-state index < -0.39 is 49.4 Å². The Labute approximate surface area is 152 Å². The molecule has 0 saturated carbocycles. The Morgan fingerprint density at radius 2 is 1.92 bits per heavy atom. The molecule has 7 atom stereocenters. The van der Waals surface area contributed by atoms with Gasteiger partial charge in [-0.3, -0.25) is 0 Å². The number of rotatable bonds is 8. The van der Waals surface area contributed by atoms with Crippen molar-refractivity contribution in [1.82, 2.24) is 0 Å². The molecule has 0 aromatic heterocycles. The van der Waals surface area contributed by atoms with Gasteiger partial charge in [0.25, 0.3) is 0 Å². The number of hydrogen-bond donors (Lipinski definition) is 6. The van der Waals surface area contributed by atoms with Gasteiger partial charge in [-0.05, 0) is 19.3 Å². The van der Waals surface area contributed by atoms with Gasteiger partial charge in [-0.25, -0.2) is 4.79 Å². The highest BCUT2D eigenvalue weighted by Gasteiger charge is 2.45. The number of carbonyl (C=O) groups is 1. The molecule has 1 heterocycles. The van der Waals surface area contributed by atoms with Crippen molar-refractivity contribution >= 4 is 5.97 Å². The van der Waals surface area contributed by atoms with E-state index in [0.717, 1.165) is 0 Å². The van der Waals surface area contributed by atoms with Crippen molar-refractivity contribution in [1.29, 1.82) is 0 Å².